The molecule has 0 radical (unpaired) electrons. The highest BCUT2D eigenvalue weighted by molar-refractivity contribution is 7.99. The Morgan fingerprint density at radius 3 is 2.74 bits per heavy atom. The summed E-state index contributed by atoms with van der Waals surface area (Å²) in [6.45, 7) is 2.41. The molecule has 1 aromatic carbocycles. The van der Waals surface area contributed by atoms with Crippen molar-refractivity contribution in [2.24, 2.45) is 0 Å². The normalized spacial score (nSPS) is 10.9. The standard InChI is InChI=1S/C16H15FN4OS/c1-2-20(13-8-6-12(17)7-9-13)15(22)11-23-16-19-18-14-5-3-4-10-21(14)16/h3-10H,2,11H2,1H3. The Labute approximate surface area is 137 Å². The summed E-state index contributed by atoms with van der Waals surface area (Å²) in [4.78, 5) is 14.1. The summed E-state index contributed by atoms with van der Waals surface area (Å²) in [6.07, 6.45) is 1.86. The third-order valence-corrected chi connectivity index (χ3v) is 4.29. The number of carbonyl (C=O) groups is 1. The van der Waals surface area contributed by atoms with Gasteiger partial charge in [0.05, 0.1) is 5.75 Å². The number of thioether (sulfide) groups is 1. The van der Waals surface area contributed by atoms with Crippen molar-refractivity contribution in [3.8, 4) is 0 Å². The largest absolute Gasteiger partial charge is 0.312 e. The molecule has 0 saturated carbocycles. The number of anilines is 1. The molecule has 5 nitrogen and oxygen atoms in total. The lowest BCUT2D eigenvalue weighted by Gasteiger charge is -2.20. The van der Waals surface area contributed by atoms with Gasteiger partial charge in [0.1, 0.15) is 5.82 Å². The third-order valence-electron chi connectivity index (χ3n) is 3.36. The second-order valence-corrected chi connectivity index (χ2v) is 5.76. The van der Waals surface area contributed by atoms with Crippen LogP contribution in [0.15, 0.2) is 53.8 Å². The molecule has 0 aliphatic rings. The average Bonchev–Trinajstić information content (AvgIpc) is 2.98. The van der Waals surface area contributed by atoms with Crippen LogP contribution >= 0.6 is 11.8 Å². The van der Waals surface area contributed by atoms with Gasteiger partial charge in [-0.15, -0.1) is 10.2 Å². The van der Waals surface area contributed by atoms with Gasteiger partial charge < -0.3 is 4.90 Å². The smallest absolute Gasteiger partial charge is 0.237 e. The van der Waals surface area contributed by atoms with E-state index in [-0.39, 0.29) is 17.5 Å². The molecule has 0 atom stereocenters. The van der Waals surface area contributed by atoms with Crippen molar-refractivity contribution in [3.63, 3.8) is 0 Å². The number of pyridine rings is 1. The minimum Gasteiger partial charge on any atom is -0.312 e. The van der Waals surface area contributed by atoms with Crippen molar-refractivity contribution in [2.75, 3.05) is 17.2 Å². The fraction of sp³-hybridized carbons (Fsp3) is 0.188. The van der Waals surface area contributed by atoms with Crippen LogP contribution in [0.1, 0.15) is 6.92 Å². The SMILES string of the molecule is CCN(C(=O)CSc1nnc2ccccn12)c1ccc(F)cc1. The lowest BCUT2D eigenvalue weighted by atomic mass is 10.3. The summed E-state index contributed by atoms with van der Waals surface area (Å²) in [5, 5.41) is 8.82. The molecule has 2 heterocycles. The lowest BCUT2D eigenvalue weighted by Crippen LogP contribution is -2.32. The second kappa shape index (κ2) is 6.78. The van der Waals surface area contributed by atoms with Crippen LogP contribution in [0.4, 0.5) is 10.1 Å². The third kappa shape index (κ3) is 3.34. The summed E-state index contributed by atoms with van der Waals surface area (Å²) in [6, 6.07) is 11.5. The van der Waals surface area contributed by atoms with E-state index in [4.69, 9.17) is 0 Å². The molecule has 0 fully saturated rings. The van der Waals surface area contributed by atoms with Crippen LogP contribution in [-0.4, -0.2) is 32.8 Å². The minimum atomic E-state index is -0.318. The maximum atomic E-state index is 13.0. The summed E-state index contributed by atoms with van der Waals surface area (Å²) in [5.74, 6) is -0.140. The van der Waals surface area contributed by atoms with Crippen LogP contribution in [0.5, 0.6) is 0 Å². The van der Waals surface area contributed by atoms with Crippen LogP contribution in [-0.2, 0) is 4.79 Å². The molecule has 0 spiro atoms. The Balaban J connectivity index is 1.71. The van der Waals surface area contributed by atoms with Crippen LogP contribution in [0.3, 0.4) is 0 Å². The Bertz CT molecular complexity index is 818. The zero-order valence-electron chi connectivity index (χ0n) is 12.5. The number of halogens is 1. The Morgan fingerprint density at radius 1 is 1.22 bits per heavy atom. The number of aromatic nitrogens is 3. The van der Waals surface area contributed by atoms with Gasteiger partial charge in [-0.25, -0.2) is 4.39 Å². The van der Waals surface area contributed by atoms with E-state index in [1.54, 1.807) is 17.0 Å². The van der Waals surface area contributed by atoms with E-state index in [0.29, 0.717) is 17.4 Å². The van der Waals surface area contributed by atoms with Gasteiger partial charge in [-0.3, -0.25) is 9.20 Å². The number of hydrogen-bond donors (Lipinski definition) is 0. The van der Waals surface area contributed by atoms with Crippen molar-refractivity contribution in [3.05, 3.63) is 54.5 Å². The van der Waals surface area contributed by atoms with E-state index < -0.39 is 0 Å². The zero-order chi connectivity index (χ0) is 16.2. The Hall–Kier alpha value is -2.41. The van der Waals surface area contributed by atoms with Gasteiger partial charge in [0.25, 0.3) is 0 Å². The molecule has 0 bridgehead atoms. The molecule has 118 valence electrons. The molecule has 0 unspecified atom stereocenters. The number of carbonyl (C=O) groups excluding carboxylic acids is 1. The molecule has 7 heteroatoms. The predicted molar refractivity (Wildman–Crippen MR) is 88.1 cm³/mol. The summed E-state index contributed by atoms with van der Waals surface area (Å²) in [5.41, 5.74) is 1.43. The van der Waals surface area contributed by atoms with Gasteiger partial charge in [0.15, 0.2) is 10.8 Å². The number of benzene rings is 1. The number of hydrogen-bond acceptors (Lipinski definition) is 4. The van der Waals surface area contributed by atoms with E-state index in [0.717, 1.165) is 5.65 Å². The fourth-order valence-electron chi connectivity index (χ4n) is 2.25. The molecular weight excluding hydrogens is 315 g/mol. The number of fused-ring (bicyclic) bond motifs is 1. The van der Waals surface area contributed by atoms with Gasteiger partial charge >= 0.3 is 0 Å². The molecule has 0 saturated heterocycles. The van der Waals surface area contributed by atoms with Crippen molar-refractivity contribution >= 4 is 29.0 Å². The quantitative estimate of drug-likeness (QED) is 0.675. The maximum absolute atomic E-state index is 13.0. The van der Waals surface area contributed by atoms with Gasteiger partial charge in [-0.1, -0.05) is 17.8 Å². The van der Waals surface area contributed by atoms with E-state index in [1.165, 1.54) is 23.9 Å². The monoisotopic (exact) mass is 330 g/mol. The van der Waals surface area contributed by atoms with E-state index >= 15 is 0 Å². The average molecular weight is 330 g/mol. The van der Waals surface area contributed by atoms with Crippen molar-refractivity contribution in [1.29, 1.82) is 0 Å². The van der Waals surface area contributed by atoms with E-state index in [2.05, 4.69) is 10.2 Å². The van der Waals surface area contributed by atoms with Crippen LogP contribution < -0.4 is 4.90 Å². The van der Waals surface area contributed by atoms with Gasteiger partial charge in [-0.05, 0) is 43.3 Å². The highest BCUT2D eigenvalue weighted by atomic mass is 32.2. The van der Waals surface area contributed by atoms with E-state index in [1.807, 2.05) is 35.7 Å². The summed E-state index contributed by atoms with van der Waals surface area (Å²) in [7, 11) is 0. The predicted octanol–water partition coefficient (Wildman–Crippen LogP) is 3.01. The Morgan fingerprint density at radius 2 is 2.00 bits per heavy atom. The molecule has 3 aromatic rings. The zero-order valence-corrected chi connectivity index (χ0v) is 13.3. The summed E-state index contributed by atoms with van der Waals surface area (Å²) >= 11 is 1.33. The first-order valence-electron chi connectivity index (χ1n) is 7.17. The van der Waals surface area contributed by atoms with Crippen molar-refractivity contribution in [2.45, 2.75) is 12.1 Å². The highest BCUT2D eigenvalue weighted by Gasteiger charge is 2.16. The van der Waals surface area contributed by atoms with Crippen LogP contribution in [0, 0.1) is 5.82 Å². The van der Waals surface area contributed by atoms with Gasteiger partial charge in [-0.2, -0.15) is 0 Å². The molecule has 23 heavy (non-hydrogen) atoms. The molecule has 2 aromatic heterocycles. The molecule has 0 aliphatic heterocycles. The molecule has 1 amide bonds. The second-order valence-electron chi connectivity index (χ2n) is 4.81. The Kier molecular flexibility index (Phi) is 4.57. The fourth-order valence-corrected chi connectivity index (χ4v) is 3.05. The van der Waals surface area contributed by atoms with Crippen LogP contribution in [0.2, 0.25) is 0 Å². The highest BCUT2D eigenvalue weighted by Crippen LogP contribution is 2.20. The van der Waals surface area contributed by atoms with Gasteiger partial charge in [0.2, 0.25) is 5.91 Å². The van der Waals surface area contributed by atoms with Crippen LogP contribution in [0.25, 0.3) is 5.65 Å². The maximum Gasteiger partial charge on any atom is 0.237 e. The number of amides is 1. The van der Waals surface area contributed by atoms with Crippen molar-refractivity contribution in [1.82, 2.24) is 14.6 Å². The summed E-state index contributed by atoms with van der Waals surface area (Å²) < 4.78 is 14.9. The molecule has 0 aliphatic carbocycles. The first-order chi connectivity index (χ1) is 11.2. The lowest BCUT2D eigenvalue weighted by molar-refractivity contribution is -0.116. The van der Waals surface area contributed by atoms with Crippen molar-refractivity contribution < 1.29 is 9.18 Å². The number of nitrogens with zero attached hydrogens (tertiary/aromatic N) is 4. The number of rotatable bonds is 5. The molecular formula is C16H15FN4OS. The molecule has 3 rings (SSSR count). The minimum absolute atomic E-state index is 0.0585. The molecule has 0 N–H and O–H groups in total. The van der Waals surface area contributed by atoms with E-state index in [9.17, 15) is 9.18 Å². The first kappa shape index (κ1) is 15.5. The van der Waals surface area contributed by atoms with Gasteiger partial charge in [0, 0.05) is 18.4 Å². The first-order valence-corrected chi connectivity index (χ1v) is 8.16. The topological polar surface area (TPSA) is 50.5 Å².